The summed E-state index contributed by atoms with van der Waals surface area (Å²) in [5.41, 5.74) is 1.64. The van der Waals surface area contributed by atoms with Gasteiger partial charge in [0.15, 0.2) is 10.8 Å². The third-order valence-corrected chi connectivity index (χ3v) is 8.38. The van der Waals surface area contributed by atoms with Gasteiger partial charge in [0.25, 0.3) is 0 Å². The molecule has 47 heavy (non-hydrogen) atoms. The van der Waals surface area contributed by atoms with Crippen LogP contribution in [-0.4, -0.2) is 68.5 Å². The number of aliphatic hydroxyl groups excluding tert-OH is 1. The summed E-state index contributed by atoms with van der Waals surface area (Å²) in [5.74, 6) is -0.0449. The monoisotopic (exact) mass is 662 g/mol. The molecule has 4 aromatic rings. The highest BCUT2D eigenvalue weighted by molar-refractivity contribution is 7.20. The first-order valence-corrected chi connectivity index (χ1v) is 16.5. The first-order valence-electron chi connectivity index (χ1n) is 15.7. The Bertz CT molecular complexity index is 1650. The van der Waals surface area contributed by atoms with Crippen LogP contribution in [0.15, 0.2) is 67.0 Å². The first-order chi connectivity index (χ1) is 22.4. The zero-order valence-corrected chi connectivity index (χ0v) is 28.0. The molecule has 0 radical (unpaired) electrons. The fourth-order valence-corrected chi connectivity index (χ4v) is 6.21. The second-order valence-electron chi connectivity index (χ2n) is 12.9. The van der Waals surface area contributed by atoms with E-state index in [1.54, 1.807) is 35.4 Å². The van der Waals surface area contributed by atoms with Crippen molar-refractivity contribution in [3.05, 3.63) is 72.6 Å². The van der Waals surface area contributed by atoms with Crippen LogP contribution in [0.5, 0.6) is 0 Å². The van der Waals surface area contributed by atoms with Gasteiger partial charge < -0.3 is 24.8 Å². The van der Waals surface area contributed by atoms with Gasteiger partial charge in [-0.1, -0.05) is 67.6 Å². The third kappa shape index (κ3) is 8.95. The lowest BCUT2D eigenvalue weighted by molar-refractivity contribution is -0.152. The van der Waals surface area contributed by atoms with Crippen molar-refractivity contribution in [1.82, 2.24) is 19.6 Å². The predicted molar refractivity (Wildman–Crippen MR) is 181 cm³/mol. The Labute approximate surface area is 278 Å². The fraction of sp³-hybridized carbons (Fsp3) is 0.412. The van der Waals surface area contributed by atoms with E-state index >= 15 is 0 Å². The minimum Gasteiger partial charge on any atom is -0.444 e. The number of benzene rings is 2. The molecule has 0 saturated carbocycles. The molecular weight excluding hydrogens is 620 g/mol. The van der Waals surface area contributed by atoms with E-state index < -0.39 is 30.2 Å². The van der Waals surface area contributed by atoms with Crippen molar-refractivity contribution in [3.8, 4) is 10.4 Å². The highest BCUT2D eigenvalue weighted by Gasteiger charge is 2.38. The van der Waals surface area contributed by atoms with Crippen molar-refractivity contribution in [1.29, 1.82) is 0 Å². The van der Waals surface area contributed by atoms with Crippen molar-refractivity contribution < 1.29 is 29.0 Å². The van der Waals surface area contributed by atoms with Crippen LogP contribution in [-0.2, 0) is 19.1 Å². The van der Waals surface area contributed by atoms with Gasteiger partial charge >= 0.3 is 6.09 Å². The average Bonchev–Trinajstić information content (AvgIpc) is 3.74. The van der Waals surface area contributed by atoms with Crippen LogP contribution >= 0.6 is 11.3 Å². The molecule has 3 heterocycles. The first kappa shape index (κ1) is 34.0. The molecule has 4 N–H and O–H groups in total. The fourth-order valence-electron chi connectivity index (χ4n) is 5.24. The number of rotatable bonds is 11. The molecular formula is C34H42N6O6S. The Morgan fingerprint density at radius 2 is 1.77 bits per heavy atom. The van der Waals surface area contributed by atoms with E-state index in [-0.39, 0.29) is 17.7 Å². The Hall–Kier alpha value is -4.30. The molecule has 3 amide bonds. The number of thiazole rings is 1. The number of aromatic nitrogens is 2. The SMILES string of the molecule is CC(C)COC(O)N[C@H](C(=O)N1CCC[C@H]1C(=O)Nc1cn2cc(-c3ccc(NC(=O)OC(C)(C)C)cc3)sc2n1)c1ccccc1. The van der Waals surface area contributed by atoms with Gasteiger partial charge in [0.05, 0.1) is 17.7 Å². The Kier molecular flexibility index (Phi) is 10.6. The Morgan fingerprint density at radius 1 is 1.04 bits per heavy atom. The van der Waals surface area contributed by atoms with E-state index in [1.165, 1.54) is 11.3 Å². The summed E-state index contributed by atoms with van der Waals surface area (Å²) in [4.78, 5) is 47.2. The topological polar surface area (TPSA) is 147 Å². The maximum atomic E-state index is 13.9. The lowest BCUT2D eigenvalue weighted by Crippen LogP contribution is -2.49. The van der Waals surface area contributed by atoms with Crippen LogP contribution in [0.2, 0.25) is 0 Å². The van der Waals surface area contributed by atoms with E-state index in [4.69, 9.17) is 9.47 Å². The summed E-state index contributed by atoms with van der Waals surface area (Å²) in [6, 6.07) is 14.9. The Morgan fingerprint density at radius 3 is 2.43 bits per heavy atom. The van der Waals surface area contributed by atoms with E-state index in [0.717, 1.165) is 10.4 Å². The van der Waals surface area contributed by atoms with E-state index in [2.05, 4.69) is 20.9 Å². The molecule has 1 unspecified atom stereocenters. The number of fused-ring (bicyclic) bond motifs is 1. The van der Waals surface area contributed by atoms with Crippen LogP contribution in [0, 0.1) is 5.92 Å². The number of hydrogen-bond acceptors (Lipinski definition) is 9. The van der Waals surface area contributed by atoms with Crippen LogP contribution in [0.4, 0.5) is 16.3 Å². The molecule has 1 fully saturated rings. The third-order valence-electron chi connectivity index (χ3n) is 7.34. The van der Waals surface area contributed by atoms with Gasteiger partial charge in [-0.15, -0.1) is 0 Å². The van der Waals surface area contributed by atoms with E-state index in [9.17, 15) is 19.5 Å². The van der Waals surface area contributed by atoms with Crippen LogP contribution in [0.1, 0.15) is 59.1 Å². The molecule has 0 aliphatic carbocycles. The van der Waals surface area contributed by atoms with Crippen LogP contribution < -0.4 is 16.0 Å². The van der Waals surface area contributed by atoms with Crippen molar-refractivity contribution in [2.24, 2.45) is 5.92 Å². The van der Waals surface area contributed by atoms with Gasteiger partial charge in [-0.05, 0) is 62.8 Å². The van der Waals surface area contributed by atoms with Crippen LogP contribution in [0.3, 0.4) is 0 Å². The number of amides is 3. The molecule has 0 bridgehead atoms. The zero-order chi connectivity index (χ0) is 33.7. The molecule has 12 nitrogen and oxygen atoms in total. The number of hydrogen-bond donors (Lipinski definition) is 4. The number of carbonyl (C=O) groups excluding carboxylic acids is 3. The standard InChI is InChI=1S/C34H42N6O6S/c1-21(2)20-45-32(43)38-28(23-10-7-6-8-11-23)30(42)40-17-9-12-25(40)29(41)36-27-19-39-18-26(47-31(39)37-27)22-13-15-24(16-14-22)35-33(44)46-34(3,4)5/h6-8,10-11,13-16,18-19,21,25,28,32,38,43H,9,12,17,20H2,1-5H3,(H,35,44)(H,36,41)/t25-,28-,32?/m0/s1. The maximum absolute atomic E-state index is 13.9. The normalized spacial score (nSPS) is 16.3. The zero-order valence-electron chi connectivity index (χ0n) is 27.2. The summed E-state index contributed by atoms with van der Waals surface area (Å²) < 4.78 is 12.6. The lowest BCUT2D eigenvalue weighted by Gasteiger charge is -2.30. The number of carbonyl (C=O) groups is 3. The minimum absolute atomic E-state index is 0.204. The largest absolute Gasteiger partial charge is 0.444 e. The second-order valence-corrected chi connectivity index (χ2v) is 13.9. The summed E-state index contributed by atoms with van der Waals surface area (Å²) >= 11 is 1.46. The summed E-state index contributed by atoms with van der Waals surface area (Å²) in [5, 5.41) is 19.0. The number of anilines is 2. The molecule has 2 aromatic heterocycles. The quantitative estimate of drug-likeness (QED) is 0.152. The van der Waals surface area contributed by atoms with E-state index in [1.807, 2.05) is 75.5 Å². The predicted octanol–water partition coefficient (Wildman–Crippen LogP) is 5.62. The molecule has 3 atom stereocenters. The summed E-state index contributed by atoms with van der Waals surface area (Å²) in [6.07, 6.45) is 2.98. The van der Waals surface area contributed by atoms with Gasteiger partial charge in [0, 0.05) is 18.4 Å². The number of ether oxygens (including phenoxy) is 2. The number of likely N-dealkylation sites (tertiary alicyclic amines) is 1. The second kappa shape index (κ2) is 14.6. The molecule has 1 saturated heterocycles. The molecule has 0 spiro atoms. The van der Waals surface area contributed by atoms with Gasteiger partial charge in [0.2, 0.25) is 18.2 Å². The number of imidazole rings is 1. The van der Waals surface area contributed by atoms with E-state index in [0.29, 0.717) is 48.0 Å². The van der Waals surface area contributed by atoms with Crippen molar-refractivity contribution in [3.63, 3.8) is 0 Å². The number of nitrogens with zero attached hydrogens (tertiary/aromatic N) is 3. The van der Waals surface area contributed by atoms with Crippen molar-refractivity contribution >= 4 is 45.7 Å². The minimum atomic E-state index is -1.35. The molecule has 5 rings (SSSR count). The van der Waals surface area contributed by atoms with Gasteiger partial charge in [-0.2, -0.15) is 0 Å². The highest BCUT2D eigenvalue weighted by Crippen LogP contribution is 2.31. The molecule has 250 valence electrons. The summed E-state index contributed by atoms with van der Waals surface area (Å²) in [6.45, 7) is 10.1. The molecule has 13 heteroatoms. The van der Waals surface area contributed by atoms with Crippen molar-refractivity contribution in [2.45, 2.75) is 71.6 Å². The molecule has 1 aliphatic rings. The average molecular weight is 663 g/mol. The van der Waals surface area contributed by atoms with Gasteiger partial charge in [-0.3, -0.25) is 24.6 Å². The Balaban J connectivity index is 1.23. The molecule has 2 aromatic carbocycles. The lowest BCUT2D eigenvalue weighted by atomic mass is 10.0. The van der Waals surface area contributed by atoms with Crippen molar-refractivity contribution in [2.75, 3.05) is 23.8 Å². The summed E-state index contributed by atoms with van der Waals surface area (Å²) in [7, 11) is 0. The van der Waals surface area contributed by atoms with Gasteiger partial charge in [0.1, 0.15) is 17.7 Å². The van der Waals surface area contributed by atoms with Gasteiger partial charge in [-0.25, -0.2) is 9.78 Å². The van der Waals surface area contributed by atoms with Crippen LogP contribution in [0.25, 0.3) is 15.4 Å². The number of nitrogens with one attached hydrogen (secondary N) is 3. The molecule has 1 aliphatic heterocycles. The smallest absolute Gasteiger partial charge is 0.412 e. The number of aliphatic hydroxyl groups is 1. The maximum Gasteiger partial charge on any atom is 0.412 e. The highest BCUT2D eigenvalue weighted by atomic mass is 32.1.